The van der Waals surface area contributed by atoms with Gasteiger partial charge in [-0.3, -0.25) is 14.4 Å². The third-order valence-electron chi connectivity index (χ3n) is 7.87. The maximum Gasteiger partial charge on any atom is 0.315 e. The highest BCUT2D eigenvalue weighted by Crippen LogP contribution is 2.65. The molecule has 36 heavy (non-hydrogen) atoms. The van der Waals surface area contributed by atoms with Crippen molar-refractivity contribution in [1.29, 1.82) is 5.41 Å². The van der Waals surface area contributed by atoms with Crippen LogP contribution in [0.15, 0.2) is 0 Å². The molecule has 5 amide bonds. The molecule has 5 N–H and O–H groups in total. The van der Waals surface area contributed by atoms with Crippen molar-refractivity contribution >= 4 is 30.0 Å². The molecule has 1 aliphatic carbocycles. The lowest BCUT2D eigenvalue weighted by Gasteiger charge is -2.38. The Morgan fingerprint density at radius 3 is 2.31 bits per heavy atom. The molecular formula is C26H44N6O4. The summed E-state index contributed by atoms with van der Waals surface area (Å²) in [7, 11) is 0. The Kier molecular flexibility index (Phi) is 7.50. The van der Waals surface area contributed by atoms with Gasteiger partial charge in [0.15, 0.2) is 0 Å². The van der Waals surface area contributed by atoms with Crippen LogP contribution in [0.2, 0.25) is 0 Å². The van der Waals surface area contributed by atoms with E-state index in [1.807, 2.05) is 41.5 Å². The Morgan fingerprint density at radius 1 is 1.17 bits per heavy atom. The summed E-state index contributed by atoms with van der Waals surface area (Å²) < 4.78 is 0. The molecule has 0 unspecified atom stereocenters. The first-order valence-electron chi connectivity index (χ1n) is 12.9. The molecule has 3 aliphatic rings. The fraction of sp³-hybridized carbons (Fsp3) is 0.808. The van der Waals surface area contributed by atoms with Crippen molar-refractivity contribution in [3.8, 4) is 0 Å². The van der Waals surface area contributed by atoms with E-state index in [2.05, 4.69) is 35.1 Å². The smallest absolute Gasteiger partial charge is 0.315 e. The normalized spacial score (nSPS) is 28.4. The summed E-state index contributed by atoms with van der Waals surface area (Å²) in [4.78, 5) is 53.7. The van der Waals surface area contributed by atoms with Crippen molar-refractivity contribution in [3.05, 3.63) is 0 Å². The van der Waals surface area contributed by atoms with E-state index in [0.717, 1.165) is 6.21 Å². The zero-order valence-corrected chi connectivity index (χ0v) is 23.0. The summed E-state index contributed by atoms with van der Waals surface area (Å²) >= 11 is 0. The fourth-order valence-electron chi connectivity index (χ4n) is 5.75. The van der Waals surface area contributed by atoms with E-state index in [9.17, 15) is 19.2 Å². The molecule has 0 radical (unpaired) electrons. The average molecular weight is 505 g/mol. The highest BCUT2D eigenvalue weighted by Gasteiger charge is 2.69. The first-order chi connectivity index (χ1) is 16.5. The summed E-state index contributed by atoms with van der Waals surface area (Å²) in [6.07, 6.45) is 2.20. The van der Waals surface area contributed by atoms with Crippen LogP contribution in [0.25, 0.3) is 0 Å². The largest absolute Gasteiger partial charge is 0.356 e. The van der Waals surface area contributed by atoms with Gasteiger partial charge in [-0.2, -0.15) is 0 Å². The van der Waals surface area contributed by atoms with Gasteiger partial charge in [-0.25, -0.2) is 4.79 Å². The monoisotopic (exact) mass is 504 g/mol. The molecule has 2 heterocycles. The average Bonchev–Trinajstić information content (AvgIpc) is 3.08. The summed E-state index contributed by atoms with van der Waals surface area (Å²) in [5.74, 6) is -0.674. The summed E-state index contributed by atoms with van der Waals surface area (Å²) in [5, 5.41) is 19.2. The molecule has 10 heteroatoms. The minimum absolute atomic E-state index is 0.00614. The van der Waals surface area contributed by atoms with Gasteiger partial charge in [-0.15, -0.1) is 0 Å². The lowest BCUT2D eigenvalue weighted by Crippen LogP contribution is -2.61. The number of likely N-dealkylation sites (tertiary alicyclic amines) is 1. The number of nitrogens with zero attached hydrogens (tertiary/aromatic N) is 1. The van der Waals surface area contributed by atoms with Crippen molar-refractivity contribution in [1.82, 2.24) is 26.2 Å². The molecule has 0 aromatic heterocycles. The molecule has 6 atom stereocenters. The van der Waals surface area contributed by atoms with Gasteiger partial charge in [0.25, 0.3) is 0 Å². The van der Waals surface area contributed by atoms with Crippen LogP contribution in [-0.2, 0) is 14.4 Å². The van der Waals surface area contributed by atoms with Gasteiger partial charge in [0.2, 0.25) is 17.7 Å². The van der Waals surface area contributed by atoms with Crippen LogP contribution in [0, 0.1) is 34.0 Å². The summed E-state index contributed by atoms with van der Waals surface area (Å²) in [5.41, 5.74) is -1.11. The Bertz CT molecular complexity index is 918. The topological polar surface area (TPSA) is 143 Å². The van der Waals surface area contributed by atoms with Crippen molar-refractivity contribution < 1.29 is 19.2 Å². The second kappa shape index (κ2) is 9.67. The molecule has 0 bridgehead atoms. The quantitative estimate of drug-likeness (QED) is 0.336. The van der Waals surface area contributed by atoms with Crippen LogP contribution in [0.3, 0.4) is 0 Å². The van der Waals surface area contributed by atoms with E-state index in [1.54, 1.807) is 4.90 Å². The van der Waals surface area contributed by atoms with Gasteiger partial charge < -0.3 is 31.6 Å². The zero-order chi connectivity index (χ0) is 27.2. The fourth-order valence-corrected chi connectivity index (χ4v) is 5.75. The Balaban J connectivity index is 1.78. The molecule has 0 aromatic rings. The van der Waals surface area contributed by atoms with E-state index in [4.69, 9.17) is 5.41 Å². The molecule has 0 spiro atoms. The number of urea groups is 1. The van der Waals surface area contributed by atoms with E-state index in [0.29, 0.717) is 25.9 Å². The van der Waals surface area contributed by atoms with Crippen molar-refractivity contribution in [2.45, 2.75) is 91.9 Å². The molecule has 1 saturated carbocycles. The predicted octanol–water partition coefficient (Wildman–Crippen LogP) is 1.64. The minimum Gasteiger partial charge on any atom is -0.356 e. The lowest BCUT2D eigenvalue weighted by atomic mass is 9.85. The zero-order valence-electron chi connectivity index (χ0n) is 23.0. The number of hydrogen-bond donors (Lipinski definition) is 5. The standard InChI is InChI=1S/C26H44N6O4/c1-24(2,3)19(30-23(36)31-25(4,5)6)22(35)32-13-16-17(26(16,7)8)18(32)21(34)29-15(12-27)11-14-9-10-28-20(14)33/h12,14-19,27H,9-11,13H2,1-8H3,(H,28,33)(H,29,34)(H2,30,31,36)/t14-,15-,16-,17-,18-,19+/m0/s1. The van der Waals surface area contributed by atoms with Crippen molar-refractivity contribution in [2.24, 2.45) is 28.6 Å². The number of hydrogen-bond acceptors (Lipinski definition) is 5. The summed E-state index contributed by atoms with van der Waals surface area (Å²) in [6, 6.07) is -2.52. The lowest BCUT2D eigenvalue weighted by molar-refractivity contribution is -0.143. The molecule has 3 rings (SSSR count). The second-order valence-corrected chi connectivity index (χ2v) is 13.3. The van der Waals surface area contributed by atoms with E-state index < -0.39 is 35.1 Å². The maximum absolute atomic E-state index is 13.9. The third-order valence-corrected chi connectivity index (χ3v) is 7.87. The Hall–Kier alpha value is -2.65. The van der Waals surface area contributed by atoms with Crippen molar-refractivity contribution in [3.63, 3.8) is 0 Å². The molecular weight excluding hydrogens is 460 g/mol. The number of fused-ring (bicyclic) bond motifs is 1. The summed E-state index contributed by atoms with van der Waals surface area (Å²) in [6.45, 7) is 16.5. The van der Waals surface area contributed by atoms with Crippen LogP contribution in [0.5, 0.6) is 0 Å². The van der Waals surface area contributed by atoms with Gasteiger partial charge in [0.05, 0.1) is 6.04 Å². The molecule has 0 aromatic carbocycles. The van der Waals surface area contributed by atoms with E-state index in [-0.39, 0.29) is 40.9 Å². The highest BCUT2D eigenvalue weighted by atomic mass is 16.2. The van der Waals surface area contributed by atoms with Crippen LogP contribution in [-0.4, -0.2) is 71.6 Å². The second-order valence-electron chi connectivity index (χ2n) is 13.3. The molecule has 3 fully saturated rings. The number of nitrogens with one attached hydrogen (secondary N) is 5. The number of carbonyl (C=O) groups excluding carboxylic acids is 4. The van der Waals surface area contributed by atoms with Gasteiger partial charge in [0, 0.05) is 30.8 Å². The highest BCUT2D eigenvalue weighted by molar-refractivity contribution is 5.94. The first kappa shape index (κ1) is 27.9. The van der Waals surface area contributed by atoms with Crippen LogP contribution in [0.1, 0.15) is 68.2 Å². The third kappa shape index (κ3) is 5.83. The minimum atomic E-state index is -0.823. The van der Waals surface area contributed by atoms with Gasteiger partial charge in [-0.1, -0.05) is 34.6 Å². The van der Waals surface area contributed by atoms with Crippen LogP contribution in [0.4, 0.5) is 4.79 Å². The Morgan fingerprint density at radius 2 is 1.81 bits per heavy atom. The van der Waals surface area contributed by atoms with Crippen LogP contribution >= 0.6 is 0 Å². The van der Waals surface area contributed by atoms with Gasteiger partial charge >= 0.3 is 6.03 Å². The first-order valence-corrected chi connectivity index (χ1v) is 12.9. The van der Waals surface area contributed by atoms with E-state index in [1.165, 1.54) is 0 Å². The SMILES string of the molecule is CC(C)(C)NC(=O)N[C@H](C(=O)N1C[C@H]2[C@@H]([C@H]1C(=O)N[C@H](C=N)C[C@@H]1CCNC1=O)C2(C)C)C(C)(C)C. The number of carbonyl (C=O) groups is 4. The number of piperidine rings is 1. The molecule has 2 aliphatic heterocycles. The Labute approximate surface area is 214 Å². The number of amides is 5. The van der Waals surface area contributed by atoms with Crippen LogP contribution < -0.4 is 21.3 Å². The molecule has 10 nitrogen and oxygen atoms in total. The van der Waals surface area contributed by atoms with Crippen molar-refractivity contribution in [2.75, 3.05) is 13.1 Å². The van der Waals surface area contributed by atoms with E-state index >= 15 is 0 Å². The van der Waals surface area contributed by atoms with Gasteiger partial charge in [0.1, 0.15) is 12.1 Å². The maximum atomic E-state index is 13.9. The molecule has 2 saturated heterocycles. The predicted molar refractivity (Wildman–Crippen MR) is 137 cm³/mol. The number of rotatable bonds is 7. The molecule has 202 valence electrons. The van der Waals surface area contributed by atoms with Gasteiger partial charge in [-0.05, 0) is 56.3 Å².